The number of halogens is 1. The number of hydrogen-bond acceptors (Lipinski definition) is 2. The van der Waals surface area contributed by atoms with Crippen LogP contribution in [-0.2, 0) is 16.1 Å². The maximum atomic E-state index is 12.3. The number of likely N-dealkylation sites (N-methyl/N-ethyl adjacent to an activating group) is 3. The number of carbonyl (C=O) groups excluding carboxylic acids is 2. The van der Waals surface area contributed by atoms with E-state index in [0.717, 1.165) is 17.0 Å². The van der Waals surface area contributed by atoms with Gasteiger partial charge < -0.3 is 15.1 Å². The molecular formula is C16H25ClN3O2+. The van der Waals surface area contributed by atoms with E-state index < -0.39 is 0 Å². The van der Waals surface area contributed by atoms with Gasteiger partial charge in [-0.3, -0.25) is 9.59 Å². The van der Waals surface area contributed by atoms with Crippen molar-refractivity contribution in [3.63, 3.8) is 0 Å². The summed E-state index contributed by atoms with van der Waals surface area (Å²) < 4.78 is 0. The lowest BCUT2D eigenvalue weighted by Crippen LogP contribution is -3.14. The van der Waals surface area contributed by atoms with Crippen molar-refractivity contribution in [3.8, 4) is 0 Å². The van der Waals surface area contributed by atoms with Crippen molar-refractivity contribution in [2.24, 2.45) is 0 Å². The number of nitrogens with one attached hydrogen (secondary N) is 2. The lowest BCUT2D eigenvalue weighted by Gasteiger charge is -2.21. The predicted octanol–water partition coefficient (Wildman–Crippen LogP) is 0.339. The summed E-state index contributed by atoms with van der Waals surface area (Å²) in [5, 5.41) is 3.44. The third-order valence-corrected chi connectivity index (χ3v) is 3.70. The second-order valence-corrected chi connectivity index (χ2v) is 5.72. The molecule has 1 unspecified atom stereocenters. The minimum atomic E-state index is -0.0208. The summed E-state index contributed by atoms with van der Waals surface area (Å²) in [5.41, 5.74) is 1.03. The lowest BCUT2D eigenvalue weighted by atomic mass is 10.2. The van der Waals surface area contributed by atoms with Crippen LogP contribution in [0.5, 0.6) is 0 Å². The summed E-state index contributed by atoms with van der Waals surface area (Å²) in [6.07, 6.45) is 0. The van der Waals surface area contributed by atoms with Crippen LogP contribution in [-0.4, -0.2) is 49.9 Å². The molecular weight excluding hydrogens is 302 g/mol. The van der Waals surface area contributed by atoms with Crippen LogP contribution in [0.3, 0.4) is 0 Å². The number of nitrogens with zero attached hydrogens (tertiary/aromatic N) is 1. The quantitative estimate of drug-likeness (QED) is 0.724. The zero-order chi connectivity index (χ0) is 16.5. The topological polar surface area (TPSA) is 53.9 Å². The van der Waals surface area contributed by atoms with Gasteiger partial charge in [0.15, 0.2) is 13.1 Å². The van der Waals surface area contributed by atoms with Gasteiger partial charge in [0.1, 0.15) is 0 Å². The molecule has 0 fully saturated rings. The Labute approximate surface area is 137 Å². The molecule has 1 aromatic rings. The molecule has 0 aliphatic carbocycles. The Kier molecular flexibility index (Phi) is 7.91. The van der Waals surface area contributed by atoms with Gasteiger partial charge in [0, 0.05) is 25.2 Å². The van der Waals surface area contributed by atoms with Gasteiger partial charge in [0.05, 0.1) is 6.54 Å². The summed E-state index contributed by atoms with van der Waals surface area (Å²) in [6, 6.07) is 7.44. The minimum absolute atomic E-state index is 0.0208. The Hall–Kier alpha value is -1.59. The molecule has 0 aliphatic rings. The molecule has 0 saturated carbocycles. The van der Waals surface area contributed by atoms with Crippen LogP contribution in [0.15, 0.2) is 24.3 Å². The summed E-state index contributed by atoms with van der Waals surface area (Å²) >= 11 is 5.85. The Morgan fingerprint density at radius 3 is 2.36 bits per heavy atom. The maximum Gasteiger partial charge on any atom is 0.277 e. The molecule has 0 bridgehead atoms. The van der Waals surface area contributed by atoms with Gasteiger partial charge in [-0.05, 0) is 31.5 Å². The Morgan fingerprint density at radius 2 is 1.82 bits per heavy atom. The second-order valence-electron chi connectivity index (χ2n) is 5.29. The van der Waals surface area contributed by atoms with Gasteiger partial charge >= 0.3 is 0 Å². The standard InChI is InChI=1S/C16H24ClN3O2/c1-4-18-15(21)11-20(5-2)12-16(22)19(3)10-13-6-8-14(17)9-7-13/h6-9H,4-5,10-12H2,1-3H3,(H,18,21)/p+1. The van der Waals surface area contributed by atoms with Gasteiger partial charge in [-0.25, -0.2) is 0 Å². The first-order valence-electron chi connectivity index (χ1n) is 7.54. The van der Waals surface area contributed by atoms with Crippen molar-refractivity contribution in [3.05, 3.63) is 34.9 Å². The van der Waals surface area contributed by atoms with Crippen LogP contribution in [0.4, 0.5) is 0 Å². The summed E-state index contributed by atoms with van der Waals surface area (Å²) in [5.74, 6) is 0.00334. The molecule has 0 radical (unpaired) electrons. The van der Waals surface area contributed by atoms with E-state index in [1.165, 1.54) is 0 Å². The molecule has 2 amide bonds. The van der Waals surface area contributed by atoms with Crippen LogP contribution in [0, 0.1) is 0 Å². The Balaban J connectivity index is 2.50. The number of carbonyl (C=O) groups is 2. The fraction of sp³-hybridized carbons (Fsp3) is 0.500. The lowest BCUT2D eigenvalue weighted by molar-refractivity contribution is -0.882. The van der Waals surface area contributed by atoms with Gasteiger partial charge in [-0.1, -0.05) is 23.7 Å². The van der Waals surface area contributed by atoms with Crippen molar-refractivity contribution in [1.82, 2.24) is 10.2 Å². The van der Waals surface area contributed by atoms with Crippen LogP contribution >= 0.6 is 11.6 Å². The van der Waals surface area contributed by atoms with Crippen molar-refractivity contribution in [2.75, 3.05) is 33.2 Å². The van der Waals surface area contributed by atoms with E-state index in [1.54, 1.807) is 11.9 Å². The normalized spacial score (nSPS) is 11.8. The van der Waals surface area contributed by atoms with Gasteiger partial charge in [-0.2, -0.15) is 0 Å². The van der Waals surface area contributed by atoms with Crippen molar-refractivity contribution < 1.29 is 14.5 Å². The molecule has 0 heterocycles. The number of amides is 2. The number of rotatable bonds is 8. The highest BCUT2D eigenvalue weighted by molar-refractivity contribution is 6.30. The Bertz CT molecular complexity index is 491. The van der Waals surface area contributed by atoms with Crippen LogP contribution in [0.25, 0.3) is 0 Å². The molecule has 5 nitrogen and oxygen atoms in total. The largest absolute Gasteiger partial charge is 0.351 e. The van der Waals surface area contributed by atoms with E-state index in [1.807, 2.05) is 38.1 Å². The first-order valence-corrected chi connectivity index (χ1v) is 7.92. The molecule has 2 N–H and O–H groups in total. The van der Waals surface area contributed by atoms with Crippen LogP contribution in [0.1, 0.15) is 19.4 Å². The van der Waals surface area contributed by atoms with Crippen molar-refractivity contribution >= 4 is 23.4 Å². The number of hydrogen-bond donors (Lipinski definition) is 2. The third-order valence-electron chi connectivity index (χ3n) is 3.44. The molecule has 122 valence electrons. The fourth-order valence-corrected chi connectivity index (χ4v) is 2.23. The first-order chi connectivity index (χ1) is 10.5. The highest BCUT2D eigenvalue weighted by atomic mass is 35.5. The second kappa shape index (κ2) is 9.43. The van der Waals surface area contributed by atoms with Gasteiger partial charge in [0.25, 0.3) is 11.8 Å². The number of benzene rings is 1. The third kappa shape index (κ3) is 6.45. The zero-order valence-electron chi connectivity index (χ0n) is 13.5. The van der Waals surface area contributed by atoms with E-state index in [9.17, 15) is 9.59 Å². The molecule has 6 heteroatoms. The minimum Gasteiger partial charge on any atom is -0.351 e. The summed E-state index contributed by atoms with van der Waals surface area (Å²) in [7, 11) is 1.77. The zero-order valence-corrected chi connectivity index (χ0v) is 14.2. The highest BCUT2D eigenvalue weighted by Crippen LogP contribution is 2.10. The van der Waals surface area contributed by atoms with Gasteiger partial charge in [-0.15, -0.1) is 0 Å². The van der Waals surface area contributed by atoms with E-state index in [0.29, 0.717) is 31.2 Å². The monoisotopic (exact) mass is 326 g/mol. The van der Waals surface area contributed by atoms with E-state index >= 15 is 0 Å². The van der Waals surface area contributed by atoms with Gasteiger partial charge in [0.2, 0.25) is 0 Å². The summed E-state index contributed by atoms with van der Waals surface area (Å²) in [6.45, 7) is 6.38. The van der Waals surface area contributed by atoms with E-state index in [-0.39, 0.29) is 11.8 Å². The molecule has 0 aliphatic heterocycles. The van der Waals surface area contributed by atoms with E-state index in [4.69, 9.17) is 11.6 Å². The van der Waals surface area contributed by atoms with Crippen molar-refractivity contribution in [2.45, 2.75) is 20.4 Å². The average molecular weight is 327 g/mol. The molecule has 1 atom stereocenters. The van der Waals surface area contributed by atoms with Crippen LogP contribution in [0.2, 0.25) is 5.02 Å². The first kappa shape index (κ1) is 18.5. The highest BCUT2D eigenvalue weighted by Gasteiger charge is 2.19. The Morgan fingerprint density at radius 1 is 1.18 bits per heavy atom. The summed E-state index contributed by atoms with van der Waals surface area (Å²) in [4.78, 5) is 26.5. The molecule has 0 saturated heterocycles. The maximum absolute atomic E-state index is 12.3. The van der Waals surface area contributed by atoms with Crippen LogP contribution < -0.4 is 10.2 Å². The molecule has 22 heavy (non-hydrogen) atoms. The molecule has 0 aromatic heterocycles. The molecule has 0 spiro atoms. The van der Waals surface area contributed by atoms with Crippen molar-refractivity contribution in [1.29, 1.82) is 0 Å². The smallest absolute Gasteiger partial charge is 0.277 e. The predicted molar refractivity (Wildman–Crippen MR) is 87.8 cm³/mol. The molecule has 1 aromatic carbocycles. The van der Waals surface area contributed by atoms with E-state index in [2.05, 4.69) is 5.32 Å². The number of quaternary nitrogens is 1. The SMILES string of the molecule is CCNC(=O)C[NH+](CC)CC(=O)N(C)Cc1ccc(Cl)cc1. The fourth-order valence-electron chi connectivity index (χ4n) is 2.10. The molecule has 1 rings (SSSR count). The average Bonchev–Trinajstić information content (AvgIpc) is 2.48.